The fraction of sp³-hybridized carbons (Fsp3) is 1.00. The molecule has 16 heavy (non-hydrogen) atoms. The van der Waals surface area contributed by atoms with Crippen LogP contribution in [-0.4, -0.2) is 11.8 Å². The summed E-state index contributed by atoms with van der Waals surface area (Å²) in [5.74, 6) is 3.50. The molecular formula is C12H28N2O2. The SMILES string of the molecule is CCCCCCCCCCCCN=O.NO. The third kappa shape index (κ3) is 19.1. The summed E-state index contributed by atoms with van der Waals surface area (Å²) in [4.78, 5) is 9.79. The van der Waals surface area contributed by atoms with Gasteiger partial charge in [0.2, 0.25) is 0 Å². The topological polar surface area (TPSA) is 75.7 Å². The lowest BCUT2D eigenvalue weighted by Gasteiger charge is -2.00. The first-order valence-electron chi connectivity index (χ1n) is 6.46. The van der Waals surface area contributed by atoms with E-state index in [0.29, 0.717) is 6.54 Å². The molecule has 0 saturated carbocycles. The molecule has 0 amide bonds. The van der Waals surface area contributed by atoms with Crippen molar-refractivity contribution in [2.75, 3.05) is 6.54 Å². The van der Waals surface area contributed by atoms with Crippen LogP contribution in [0.25, 0.3) is 0 Å². The molecule has 0 heterocycles. The maximum atomic E-state index is 9.79. The number of unbranched alkanes of at least 4 members (excludes halogenated alkanes) is 9. The van der Waals surface area contributed by atoms with Crippen molar-refractivity contribution in [2.24, 2.45) is 11.1 Å². The van der Waals surface area contributed by atoms with E-state index >= 15 is 0 Å². The van der Waals surface area contributed by atoms with Gasteiger partial charge in [-0.2, -0.15) is 4.91 Å². The summed E-state index contributed by atoms with van der Waals surface area (Å²) in [7, 11) is 0. The Hall–Kier alpha value is -0.480. The van der Waals surface area contributed by atoms with E-state index in [2.05, 4.69) is 18.0 Å². The monoisotopic (exact) mass is 232 g/mol. The smallest absolute Gasteiger partial charge is 0.0811 e. The normalized spacial score (nSPS) is 9.44. The number of nitroso groups, excluding NO2 is 1. The Kier molecular flexibility index (Phi) is 22.4. The molecular weight excluding hydrogens is 204 g/mol. The van der Waals surface area contributed by atoms with Gasteiger partial charge < -0.3 is 5.21 Å². The van der Waals surface area contributed by atoms with Crippen molar-refractivity contribution < 1.29 is 5.21 Å². The average molecular weight is 232 g/mol. The van der Waals surface area contributed by atoms with Crippen molar-refractivity contribution in [3.05, 3.63) is 4.91 Å². The lowest BCUT2D eigenvalue weighted by Crippen LogP contribution is -1.83. The van der Waals surface area contributed by atoms with Crippen LogP contribution >= 0.6 is 0 Å². The highest BCUT2D eigenvalue weighted by Crippen LogP contribution is 2.10. The minimum atomic E-state index is 0.510. The third-order valence-corrected chi connectivity index (χ3v) is 2.60. The summed E-state index contributed by atoms with van der Waals surface area (Å²) in [5.41, 5.74) is 0. The van der Waals surface area contributed by atoms with Crippen LogP contribution in [0.5, 0.6) is 0 Å². The summed E-state index contributed by atoms with van der Waals surface area (Å²) < 4.78 is 0. The quantitative estimate of drug-likeness (QED) is 0.321. The molecule has 0 fully saturated rings. The second-order valence-electron chi connectivity index (χ2n) is 4.03. The molecule has 98 valence electrons. The van der Waals surface area contributed by atoms with Gasteiger partial charge in [0.15, 0.2) is 0 Å². The van der Waals surface area contributed by atoms with Crippen LogP contribution < -0.4 is 5.90 Å². The van der Waals surface area contributed by atoms with Crippen molar-refractivity contribution >= 4 is 0 Å². The van der Waals surface area contributed by atoms with Gasteiger partial charge in [0.1, 0.15) is 0 Å². The lowest BCUT2D eigenvalue weighted by molar-refractivity contribution is 0.311. The summed E-state index contributed by atoms with van der Waals surface area (Å²) >= 11 is 0. The van der Waals surface area contributed by atoms with Crippen molar-refractivity contribution in [1.29, 1.82) is 0 Å². The van der Waals surface area contributed by atoms with Crippen molar-refractivity contribution in [2.45, 2.75) is 71.1 Å². The van der Waals surface area contributed by atoms with Crippen molar-refractivity contribution in [3.8, 4) is 0 Å². The van der Waals surface area contributed by atoms with Crippen LogP contribution in [0.15, 0.2) is 5.18 Å². The fourth-order valence-corrected chi connectivity index (χ4v) is 1.66. The van der Waals surface area contributed by atoms with E-state index in [0.717, 1.165) is 6.42 Å². The Morgan fingerprint density at radius 3 is 1.56 bits per heavy atom. The first kappa shape index (κ1) is 17.9. The van der Waals surface area contributed by atoms with Gasteiger partial charge in [0, 0.05) is 0 Å². The number of hydrogen-bond donors (Lipinski definition) is 2. The second kappa shape index (κ2) is 20.0. The van der Waals surface area contributed by atoms with Gasteiger partial charge >= 0.3 is 0 Å². The van der Waals surface area contributed by atoms with Crippen LogP contribution in [0.3, 0.4) is 0 Å². The summed E-state index contributed by atoms with van der Waals surface area (Å²) in [6, 6.07) is 0. The molecule has 0 aromatic rings. The second-order valence-corrected chi connectivity index (χ2v) is 4.03. The molecule has 0 aromatic heterocycles. The molecule has 0 aromatic carbocycles. The van der Waals surface area contributed by atoms with E-state index in [-0.39, 0.29) is 0 Å². The largest absolute Gasteiger partial charge is 0.320 e. The van der Waals surface area contributed by atoms with Gasteiger partial charge in [-0.25, -0.2) is 5.90 Å². The molecule has 0 aliphatic rings. The van der Waals surface area contributed by atoms with E-state index in [1.54, 1.807) is 0 Å². The average Bonchev–Trinajstić information content (AvgIpc) is 2.34. The minimum absolute atomic E-state index is 0.510. The number of hydrogen-bond acceptors (Lipinski definition) is 4. The van der Waals surface area contributed by atoms with Crippen molar-refractivity contribution in [3.63, 3.8) is 0 Å². The molecule has 0 aliphatic carbocycles. The highest BCUT2D eigenvalue weighted by molar-refractivity contribution is 4.48. The standard InChI is InChI=1S/C12H25NO.H3NO/c1-2-3-4-5-6-7-8-9-10-11-12-13-14;1-2/h2-12H2,1H3;2H,1H2. The summed E-state index contributed by atoms with van der Waals surface area (Å²) in [6.07, 6.45) is 13.1. The van der Waals surface area contributed by atoms with Gasteiger partial charge in [-0.1, -0.05) is 69.9 Å². The predicted molar refractivity (Wildman–Crippen MR) is 68.5 cm³/mol. The Morgan fingerprint density at radius 1 is 0.812 bits per heavy atom. The molecule has 4 nitrogen and oxygen atoms in total. The maximum absolute atomic E-state index is 9.79. The number of nitrogens with zero attached hydrogens (tertiary/aromatic N) is 1. The first-order valence-corrected chi connectivity index (χ1v) is 6.46. The molecule has 0 aliphatic heterocycles. The summed E-state index contributed by atoms with van der Waals surface area (Å²) in [5, 5.41) is 9.35. The molecule has 0 bridgehead atoms. The van der Waals surface area contributed by atoms with Gasteiger partial charge in [-0.3, -0.25) is 0 Å². The predicted octanol–water partition coefficient (Wildman–Crippen LogP) is 4.01. The van der Waals surface area contributed by atoms with Crippen LogP contribution in [0.1, 0.15) is 71.1 Å². The number of rotatable bonds is 11. The van der Waals surface area contributed by atoms with Crippen LogP contribution in [0, 0.1) is 4.91 Å². The van der Waals surface area contributed by atoms with Gasteiger partial charge in [0.05, 0.1) is 6.54 Å². The van der Waals surface area contributed by atoms with Crippen LogP contribution in [0.2, 0.25) is 0 Å². The number of nitrogens with two attached hydrogens (primary N) is 1. The van der Waals surface area contributed by atoms with E-state index in [1.807, 2.05) is 0 Å². The Morgan fingerprint density at radius 2 is 1.19 bits per heavy atom. The minimum Gasteiger partial charge on any atom is -0.320 e. The molecule has 0 saturated heterocycles. The molecule has 0 spiro atoms. The Labute approximate surface area is 99.5 Å². The van der Waals surface area contributed by atoms with E-state index in [9.17, 15) is 4.91 Å². The summed E-state index contributed by atoms with van der Waals surface area (Å²) in [6.45, 7) is 2.76. The highest BCUT2D eigenvalue weighted by atomic mass is 16.4. The fourth-order valence-electron chi connectivity index (χ4n) is 1.66. The molecule has 0 radical (unpaired) electrons. The van der Waals surface area contributed by atoms with Gasteiger partial charge in [-0.05, 0) is 6.42 Å². The molecule has 0 rings (SSSR count). The van der Waals surface area contributed by atoms with E-state index in [4.69, 9.17) is 5.21 Å². The highest BCUT2D eigenvalue weighted by Gasteiger charge is 1.91. The lowest BCUT2D eigenvalue weighted by atomic mass is 10.1. The van der Waals surface area contributed by atoms with E-state index in [1.165, 1.54) is 57.8 Å². The Bertz CT molecular complexity index is 122. The Balaban J connectivity index is 0. The zero-order valence-electron chi connectivity index (χ0n) is 10.7. The van der Waals surface area contributed by atoms with Gasteiger partial charge in [-0.15, -0.1) is 0 Å². The van der Waals surface area contributed by atoms with E-state index < -0.39 is 0 Å². The molecule has 0 atom stereocenters. The molecule has 0 unspecified atom stereocenters. The first-order chi connectivity index (χ1) is 7.91. The van der Waals surface area contributed by atoms with Gasteiger partial charge in [0.25, 0.3) is 0 Å². The molecule has 3 N–H and O–H groups in total. The van der Waals surface area contributed by atoms with Crippen LogP contribution in [0.4, 0.5) is 0 Å². The third-order valence-electron chi connectivity index (χ3n) is 2.60. The zero-order chi connectivity index (χ0) is 12.5. The molecule has 4 heteroatoms. The van der Waals surface area contributed by atoms with Crippen molar-refractivity contribution in [1.82, 2.24) is 0 Å². The maximum Gasteiger partial charge on any atom is 0.0811 e. The zero-order valence-corrected chi connectivity index (χ0v) is 10.7. The van der Waals surface area contributed by atoms with Crippen LogP contribution in [-0.2, 0) is 0 Å².